The molecule has 0 radical (unpaired) electrons. The molecule has 2 aromatic rings. The first-order chi connectivity index (χ1) is 15.3. The molecule has 6 heteroatoms. The monoisotopic (exact) mass is 437 g/mol. The van der Waals surface area contributed by atoms with Crippen LogP contribution in [0.2, 0.25) is 0 Å². The van der Waals surface area contributed by atoms with Crippen molar-refractivity contribution in [1.29, 1.82) is 0 Å². The number of methoxy groups -OCH3 is 1. The molecule has 0 bridgehead atoms. The number of ketones is 1. The van der Waals surface area contributed by atoms with Gasteiger partial charge in [0.15, 0.2) is 0 Å². The van der Waals surface area contributed by atoms with Crippen LogP contribution in [0.3, 0.4) is 0 Å². The second kappa shape index (κ2) is 9.90. The van der Waals surface area contributed by atoms with Crippen LogP contribution in [0.25, 0.3) is 5.76 Å². The van der Waals surface area contributed by atoms with Crippen LogP contribution in [0, 0.1) is 6.92 Å². The molecular weight excluding hydrogens is 406 g/mol. The molecule has 0 aromatic heterocycles. The van der Waals surface area contributed by atoms with Crippen molar-refractivity contribution < 1.29 is 24.2 Å². The van der Waals surface area contributed by atoms with Gasteiger partial charge in [0.05, 0.1) is 30.4 Å². The predicted octanol–water partition coefficient (Wildman–Crippen LogP) is 5.01. The quantitative estimate of drug-likeness (QED) is 0.357. The van der Waals surface area contributed by atoms with Crippen molar-refractivity contribution in [2.75, 3.05) is 13.7 Å². The van der Waals surface area contributed by atoms with E-state index < -0.39 is 17.7 Å². The molecule has 1 saturated heterocycles. The van der Waals surface area contributed by atoms with Crippen LogP contribution in [0.1, 0.15) is 56.3 Å². The van der Waals surface area contributed by atoms with Crippen LogP contribution in [0.15, 0.2) is 48.0 Å². The molecule has 1 N–H and O–H groups in total. The van der Waals surface area contributed by atoms with Gasteiger partial charge < -0.3 is 19.5 Å². The van der Waals surface area contributed by atoms with Crippen molar-refractivity contribution >= 4 is 17.4 Å². The minimum absolute atomic E-state index is 0.0322. The summed E-state index contributed by atoms with van der Waals surface area (Å²) in [5, 5.41) is 11.3. The summed E-state index contributed by atoms with van der Waals surface area (Å²) in [6.07, 6.45) is 1.67. The van der Waals surface area contributed by atoms with Gasteiger partial charge in [0.25, 0.3) is 11.7 Å². The van der Waals surface area contributed by atoms with Crippen LogP contribution in [0.4, 0.5) is 0 Å². The molecule has 0 aliphatic carbocycles. The number of aliphatic hydroxyl groups is 1. The Balaban J connectivity index is 2.16. The topological polar surface area (TPSA) is 76.1 Å². The Labute approximate surface area is 189 Å². The number of nitrogens with zero attached hydrogens (tertiary/aromatic N) is 1. The molecule has 2 aromatic carbocycles. The lowest BCUT2D eigenvalue weighted by atomic mass is 9.94. The first-order valence-corrected chi connectivity index (χ1v) is 11.0. The maximum atomic E-state index is 13.1. The maximum absolute atomic E-state index is 13.1. The normalized spacial score (nSPS) is 17.8. The molecule has 3 rings (SSSR count). The number of benzene rings is 2. The number of Topliss-reactive ketones (excluding diaryl/α,β-unsaturated/α-hetero) is 1. The highest BCUT2D eigenvalue weighted by atomic mass is 16.5. The Morgan fingerprint density at radius 3 is 2.41 bits per heavy atom. The number of hydrogen-bond acceptors (Lipinski definition) is 5. The Kier molecular flexibility index (Phi) is 7.23. The van der Waals surface area contributed by atoms with Gasteiger partial charge in [-0.1, -0.05) is 37.1 Å². The Bertz CT molecular complexity index is 1020. The van der Waals surface area contributed by atoms with E-state index in [4.69, 9.17) is 9.47 Å². The van der Waals surface area contributed by atoms with Gasteiger partial charge in [-0.15, -0.1) is 0 Å². The molecule has 1 aliphatic heterocycles. The number of amides is 1. The van der Waals surface area contributed by atoms with Crippen LogP contribution >= 0.6 is 0 Å². The van der Waals surface area contributed by atoms with E-state index in [1.165, 1.54) is 7.11 Å². The number of aryl methyl sites for hydroxylation is 1. The first-order valence-electron chi connectivity index (χ1n) is 11.0. The zero-order chi connectivity index (χ0) is 23.4. The van der Waals surface area contributed by atoms with Crippen LogP contribution in [-0.4, -0.2) is 41.5 Å². The van der Waals surface area contributed by atoms with E-state index in [0.29, 0.717) is 23.6 Å². The van der Waals surface area contributed by atoms with E-state index in [-0.39, 0.29) is 17.4 Å². The second-order valence-electron chi connectivity index (χ2n) is 8.29. The Morgan fingerprint density at radius 2 is 1.81 bits per heavy atom. The summed E-state index contributed by atoms with van der Waals surface area (Å²) in [6.45, 7) is 8.24. The van der Waals surface area contributed by atoms with Crippen LogP contribution in [0.5, 0.6) is 11.5 Å². The van der Waals surface area contributed by atoms with Gasteiger partial charge >= 0.3 is 0 Å². The van der Waals surface area contributed by atoms with E-state index in [9.17, 15) is 14.7 Å². The Morgan fingerprint density at radius 1 is 1.12 bits per heavy atom. The zero-order valence-electron chi connectivity index (χ0n) is 19.3. The third kappa shape index (κ3) is 4.64. The van der Waals surface area contributed by atoms with Crippen LogP contribution < -0.4 is 9.47 Å². The number of ether oxygens (including phenoxy) is 2. The average molecular weight is 438 g/mol. The fraction of sp³-hybridized carbons (Fsp3) is 0.385. The highest BCUT2D eigenvalue weighted by Gasteiger charge is 2.46. The fourth-order valence-corrected chi connectivity index (χ4v) is 3.94. The van der Waals surface area contributed by atoms with Crippen molar-refractivity contribution in [3.63, 3.8) is 0 Å². The summed E-state index contributed by atoms with van der Waals surface area (Å²) in [5.74, 6) is -0.369. The average Bonchev–Trinajstić information content (AvgIpc) is 3.02. The first kappa shape index (κ1) is 23.4. The minimum atomic E-state index is -0.685. The van der Waals surface area contributed by atoms with Gasteiger partial charge in [-0.05, 0) is 57.0 Å². The van der Waals surface area contributed by atoms with E-state index >= 15 is 0 Å². The molecule has 1 aliphatic rings. The summed E-state index contributed by atoms with van der Waals surface area (Å²) in [4.78, 5) is 27.6. The molecule has 1 atom stereocenters. The van der Waals surface area contributed by atoms with Crippen molar-refractivity contribution in [2.45, 2.75) is 52.7 Å². The molecule has 32 heavy (non-hydrogen) atoms. The largest absolute Gasteiger partial charge is 0.507 e. The third-order valence-corrected chi connectivity index (χ3v) is 5.47. The standard InChI is InChI=1S/C26H31NO5/c1-6-7-14-27-23(18-9-11-19(12-10-18)32-16(2)3)22(25(29)26(27)30)24(28)20-15-17(4)8-13-21(20)31-5/h8-13,15-16,23,28H,6-7,14H2,1-5H3/b24-22+. The van der Waals surface area contributed by atoms with Gasteiger partial charge in [-0.3, -0.25) is 9.59 Å². The molecule has 170 valence electrons. The highest BCUT2D eigenvalue weighted by Crippen LogP contribution is 2.41. The van der Waals surface area contributed by atoms with Crippen molar-refractivity contribution in [3.05, 3.63) is 64.7 Å². The lowest BCUT2D eigenvalue weighted by Crippen LogP contribution is -2.30. The molecule has 1 amide bonds. The summed E-state index contributed by atoms with van der Waals surface area (Å²) >= 11 is 0. The highest BCUT2D eigenvalue weighted by molar-refractivity contribution is 6.46. The lowest BCUT2D eigenvalue weighted by molar-refractivity contribution is -0.139. The van der Waals surface area contributed by atoms with Gasteiger partial charge in [-0.2, -0.15) is 0 Å². The van der Waals surface area contributed by atoms with Gasteiger partial charge in [0.2, 0.25) is 0 Å². The van der Waals surface area contributed by atoms with Crippen LogP contribution in [-0.2, 0) is 9.59 Å². The second-order valence-corrected chi connectivity index (χ2v) is 8.29. The molecular formula is C26H31NO5. The predicted molar refractivity (Wildman–Crippen MR) is 124 cm³/mol. The van der Waals surface area contributed by atoms with Crippen molar-refractivity contribution in [2.24, 2.45) is 0 Å². The number of hydrogen-bond donors (Lipinski definition) is 1. The maximum Gasteiger partial charge on any atom is 0.295 e. The summed E-state index contributed by atoms with van der Waals surface area (Å²) in [5.41, 5.74) is 2.11. The van der Waals surface area contributed by atoms with Crippen molar-refractivity contribution in [3.8, 4) is 11.5 Å². The van der Waals surface area contributed by atoms with Gasteiger partial charge in [-0.25, -0.2) is 0 Å². The number of carbonyl (C=O) groups is 2. The SMILES string of the molecule is CCCCN1C(=O)C(=O)/C(=C(/O)c2cc(C)ccc2OC)C1c1ccc(OC(C)C)cc1. The van der Waals surface area contributed by atoms with E-state index in [1.807, 2.05) is 58.0 Å². The number of carbonyl (C=O) groups excluding carboxylic acids is 2. The fourth-order valence-electron chi connectivity index (χ4n) is 3.94. The van der Waals surface area contributed by atoms with Gasteiger partial charge in [0, 0.05) is 6.54 Å². The van der Waals surface area contributed by atoms with E-state index in [0.717, 1.165) is 24.0 Å². The van der Waals surface area contributed by atoms with E-state index in [2.05, 4.69) is 0 Å². The summed E-state index contributed by atoms with van der Waals surface area (Å²) in [6, 6.07) is 12.0. The minimum Gasteiger partial charge on any atom is -0.507 e. The number of aliphatic hydroxyl groups excluding tert-OH is 1. The molecule has 0 spiro atoms. The summed E-state index contributed by atoms with van der Waals surface area (Å²) in [7, 11) is 1.51. The molecule has 1 heterocycles. The van der Waals surface area contributed by atoms with E-state index in [1.54, 1.807) is 17.0 Å². The third-order valence-electron chi connectivity index (χ3n) is 5.47. The Hall–Kier alpha value is -3.28. The lowest BCUT2D eigenvalue weighted by Gasteiger charge is -2.25. The van der Waals surface area contributed by atoms with Crippen molar-refractivity contribution in [1.82, 2.24) is 4.90 Å². The molecule has 1 fully saturated rings. The zero-order valence-corrected chi connectivity index (χ0v) is 19.3. The molecule has 6 nitrogen and oxygen atoms in total. The molecule has 1 unspecified atom stereocenters. The number of unbranched alkanes of at least 4 members (excludes halogenated alkanes) is 1. The number of likely N-dealkylation sites (tertiary alicyclic amines) is 1. The smallest absolute Gasteiger partial charge is 0.295 e. The van der Waals surface area contributed by atoms with Gasteiger partial charge in [0.1, 0.15) is 17.3 Å². The summed E-state index contributed by atoms with van der Waals surface area (Å²) < 4.78 is 11.1. The number of rotatable bonds is 8. The molecule has 0 saturated carbocycles.